The summed E-state index contributed by atoms with van der Waals surface area (Å²) < 4.78 is 11.2. The lowest BCUT2D eigenvalue weighted by atomic mass is 10.3. The second-order valence-electron chi connectivity index (χ2n) is 4.73. The Balaban J connectivity index is 1.79. The lowest BCUT2D eigenvalue weighted by Crippen LogP contribution is -2.31. The topological polar surface area (TPSA) is 64.6 Å². The third kappa shape index (κ3) is 5.75. The van der Waals surface area contributed by atoms with Gasteiger partial charge in [0.2, 0.25) is 0 Å². The summed E-state index contributed by atoms with van der Waals surface area (Å²) in [6.45, 7) is 1.24. The third-order valence-electron chi connectivity index (χ3n) is 2.87. The second-order valence-corrected chi connectivity index (χ2v) is 5.65. The van der Waals surface area contributed by atoms with E-state index in [1.807, 2.05) is 12.1 Å². The van der Waals surface area contributed by atoms with Gasteiger partial charge in [-0.2, -0.15) is 0 Å². The van der Waals surface area contributed by atoms with Gasteiger partial charge in [0.1, 0.15) is 5.75 Å². The fourth-order valence-corrected chi connectivity index (χ4v) is 2.13. The van der Waals surface area contributed by atoms with Crippen LogP contribution in [0.4, 0.5) is 5.69 Å². The average Bonchev–Trinajstić information content (AvgIpc) is 2.54. The number of rotatable bonds is 6. The van der Waals surface area contributed by atoms with Gasteiger partial charge in [-0.25, -0.2) is 4.79 Å². The van der Waals surface area contributed by atoms with E-state index in [1.54, 1.807) is 42.5 Å². The molecule has 0 fully saturated rings. The molecule has 2 aromatic rings. The van der Waals surface area contributed by atoms with Crippen LogP contribution in [0.1, 0.15) is 6.92 Å². The van der Waals surface area contributed by atoms with E-state index in [9.17, 15) is 9.59 Å². The largest absolute Gasteiger partial charge is 0.482 e. The molecule has 0 spiro atoms. The van der Waals surface area contributed by atoms with Crippen LogP contribution in [0.5, 0.6) is 5.75 Å². The summed E-state index contributed by atoms with van der Waals surface area (Å²) >= 11 is 3.31. The average molecular weight is 378 g/mol. The first-order chi connectivity index (χ1) is 11.0. The van der Waals surface area contributed by atoms with Crippen molar-refractivity contribution in [2.24, 2.45) is 0 Å². The molecule has 5 nitrogen and oxygen atoms in total. The number of anilines is 1. The van der Waals surface area contributed by atoms with Crippen molar-refractivity contribution in [2.75, 3.05) is 11.9 Å². The Hall–Kier alpha value is -2.34. The van der Waals surface area contributed by atoms with Gasteiger partial charge >= 0.3 is 5.97 Å². The molecule has 0 aliphatic carbocycles. The van der Waals surface area contributed by atoms with Crippen molar-refractivity contribution in [1.29, 1.82) is 0 Å². The molecule has 1 amide bonds. The summed E-state index contributed by atoms with van der Waals surface area (Å²) in [6, 6.07) is 16.1. The van der Waals surface area contributed by atoms with Crippen LogP contribution >= 0.6 is 15.9 Å². The molecule has 120 valence electrons. The molecular formula is C17H16BrNO4. The van der Waals surface area contributed by atoms with Crippen LogP contribution in [0.25, 0.3) is 0 Å². The van der Waals surface area contributed by atoms with Crippen LogP contribution in [-0.2, 0) is 14.3 Å². The van der Waals surface area contributed by atoms with Gasteiger partial charge in [0.05, 0.1) is 0 Å². The summed E-state index contributed by atoms with van der Waals surface area (Å²) in [6.07, 6.45) is -0.909. The van der Waals surface area contributed by atoms with Crippen molar-refractivity contribution in [1.82, 2.24) is 0 Å². The standard InChI is InChI=1S/C17H16BrNO4/c1-12(17(21)19-14-7-3-2-4-8-14)23-16(20)11-22-15-9-5-6-13(18)10-15/h2-10,12H,11H2,1H3,(H,19,21). The number of carbonyl (C=O) groups excluding carboxylic acids is 2. The van der Waals surface area contributed by atoms with Gasteiger partial charge in [-0.15, -0.1) is 0 Å². The van der Waals surface area contributed by atoms with Crippen molar-refractivity contribution in [3.05, 3.63) is 59.1 Å². The smallest absolute Gasteiger partial charge is 0.344 e. The molecule has 0 aromatic heterocycles. The van der Waals surface area contributed by atoms with E-state index in [2.05, 4.69) is 21.2 Å². The van der Waals surface area contributed by atoms with E-state index < -0.39 is 18.0 Å². The van der Waals surface area contributed by atoms with Gasteiger partial charge in [0.15, 0.2) is 12.7 Å². The number of amides is 1. The minimum Gasteiger partial charge on any atom is -0.482 e. The first kappa shape index (κ1) is 17.0. The highest BCUT2D eigenvalue weighted by Gasteiger charge is 2.18. The molecule has 0 saturated heterocycles. The van der Waals surface area contributed by atoms with Gasteiger partial charge in [-0.3, -0.25) is 4.79 Å². The van der Waals surface area contributed by atoms with E-state index >= 15 is 0 Å². The Morgan fingerprint density at radius 2 is 1.87 bits per heavy atom. The van der Waals surface area contributed by atoms with Gasteiger partial charge in [0, 0.05) is 10.2 Å². The fourth-order valence-electron chi connectivity index (χ4n) is 1.75. The van der Waals surface area contributed by atoms with E-state index in [0.29, 0.717) is 11.4 Å². The number of ether oxygens (including phenoxy) is 2. The zero-order valence-electron chi connectivity index (χ0n) is 12.5. The number of carbonyl (C=O) groups is 2. The molecule has 6 heteroatoms. The second kappa shape index (κ2) is 8.33. The predicted octanol–water partition coefficient (Wildman–Crippen LogP) is 3.40. The lowest BCUT2D eigenvalue weighted by Gasteiger charge is -2.14. The summed E-state index contributed by atoms with van der Waals surface area (Å²) in [4.78, 5) is 23.7. The van der Waals surface area contributed by atoms with E-state index in [1.165, 1.54) is 6.92 Å². The van der Waals surface area contributed by atoms with Crippen molar-refractivity contribution in [2.45, 2.75) is 13.0 Å². The van der Waals surface area contributed by atoms with Crippen LogP contribution in [-0.4, -0.2) is 24.6 Å². The van der Waals surface area contributed by atoms with Gasteiger partial charge in [0.25, 0.3) is 5.91 Å². The number of para-hydroxylation sites is 1. The highest BCUT2D eigenvalue weighted by molar-refractivity contribution is 9.10. The minimum atomic E-state index is -0.909. The normalized spacial score (nSPS) is 11.4. The third-order valence-corrected chi connectivity index (χ3v) is 3.36. The number of benzene rings is 2. The molecule has 2 rings (SSSR count). The van der Waals surface area contributed by atoms with Crippen molar-refractivity contribution in [3.63, 3.8) is 0 Å². The Bertz CT molecular complexity index is 675. The summed E-state index contributed by atoms with van der Waals surface area (Å²) in [5, 5.41) is 2.67. The first-order valence-electron chi connectivity index (χ1n) is 6.98. The number of hydrogen-bond acceptors (Lipinski definition) is 4. The Morgan fingerprint density at radius 3 is 2.57 bits per heavy atom. The molecule has 0 heterocycles. The zero-order valence-corrected chi connectivity index (χ0v) is 14.1. The maximum absolute atomic E-state index is 11.9. The van der Waals surface area contributed by atoms with Crippen molar-refractivity contribution >= 4 is 33.5 Å². The van der Waals surface area contributed by atoms with E-state index in [-0.39, 0.29) is 6.61 Å². The SMILES string of the molecule is CC(OC(=O)COc1cccc(Br)c1)C(=O)Nc1ccccc1. The summed E-state index contributed by atoms with van der Waals surface area (Å²) in [7, 11) is 0. The molecule has 0 radical (unpaired) electrons. The maximum atomic E-state index is 11.9. The first-order valence-corrected chi connectivity index (χ1v) is 7.77. The number of halogens is 1. The van der Waals surface area contributed by atoms with Crippen LogP contribution in [0, 0.1) is 0 Å². The molecule has 1 unspecified atom stereocenters. The van der Waals surface area contributed by atoms with E-state index in [0.717, 1.165) is 4.47 Å². The molecular weight excluding hydrogens is 362 g/mol. The predicted molar refractivity (Wildman–Crippen MR) is 90.3 cm³/mol. The minimum absolute atomic E-state index is 0.264. The highest BCUT2D eigenvalue weighted by atomic mass is 79.9. The van der Waals surface area contributed by atoms with Crippen LogP contribution in [0.3, 0.4) is 0 Å². The molecule has 23 heavy (non-hydrogen) atoms. The highest BCUT2D eigenvalue weighted by Crippen LogP contribution is 2.17. The van der Waals surface area contributed by atoms with E-state index in [4.69, 9.17) is 9.47 Å². The monoisotopic (exact) mass is 377 g/mol. The number of esters is 1. The molecule has 0 bridgehead atoms. The Morgan fingerprint density at radius 1 is 1.13 bits per heavy atom. The summed E-state index contributed by atoms with van der Waals surface area (Å²) in [5.74, 6) is -0.467. The quantitative estimate of drug-likeness (QED) is 0.783. The van der Waals surface area contributed by atoms with Gasteiger partial charge < -0.3 is 14.8 Å². The molecule has 1 atom stereocenters. The Kier molecular flexibility index (Phi) is 6.17. The molecule has 2 aromatic carbocycles. The molecule has 0 aliphatic heterocycles. The van der Waals surface area contributed by atoms with Crippen LogP contribution in [0.2, 0.25) is 0 Å². The van der Waals surface area contributed by atoms with Gasteiger partial charge in [-0.1, -0.05) is 40.2 Å². The molecule has 0 saturated carbocycles. The van der Waals surface area contributed by atoms with Crippen LogP contribution < -0.4 is 10.1 Å². The van der Waals surface area contributed by atoms with Gasteiger partial charge in [-0.05, 0) is 37.3 Å². The fraction of sp³-hybridized carbons (Fsp3) is 0.176. The van der Waals surface area contributed by atoms with Crippen molar-refractivity contribution in [3.8, 4) is 5.75 Å². The lowest BCUT2D eigenvalue weighted by molar-refractivity contribution is -0.155. The van der Waals surface area contributed by atoms with Crippen molar-refractivity contribution < 1.29 is 19.1 Å². The molecule has 1 N–H and O–H groups in total. The maximum Gasteiger partial charge on any atom is 0.344 e. The van der Waals surface area contributed by atoms with Crippen LogP contribution in [0.15, 0.2) is 59.1 Å². The zero-order chi connectivity index (χ0) is 16.7. The Labute approximate surface area is 142 Å². The number of hydrogen-bond donors (Lipinski definition) is 1. The number of nitrogens with one attached hydrogen (secondary N) is 1. The summed E-state index contributed by atoms with van der Waals surface area (Å²) in [5.41, 5.74) is 0.644. The molecule has 0 aliphatic rings.